The lowest BCUT2D eigenvalue weighted by Gasteiger charge is -2.23. The van der Waals surface area contributed by atoms with Gasteiger partial charge in [0.1, 0.15) is 11.4 Å². The quantitative estimate of drug-likeness (QED) is 0.742. The number of ether oxygens (including phenoxy) is 1. The van der Waals surface area contributed by atoms with Crippen LogP contribution in [0.25, 0.3) is 0 Å². The Balaban J connectivity index is 2.52. The van der Waals surface area contributed by atoms with Crippen LogP contribution in [0.4, 0.5) is 0 Å². The van der Waals surface area contributed by atoms with E-state index in [0.29, 0.717) is 11.4 Å². The molecule has 0 bridgehead atoms. The first-order valence-corrected chi connectivity index (χ1v) is 4.67. The molecule has 15 heavy (non-hydrogen) atoms. The number of aromatic nitrogens is 1. The zero-order chi connectivity index (χ0) is 11.1. The summed E-state index contributed by atoms with van der Waals surface area (Å²) in [5.41, 5.74) is -1.22. The van der Waals surface area contributed by atoms with E-state index in [1.54, 1.807) is 19.1 Å². The number of carbonyl (C=O) groups is 1. The Morgan fingerprint density at radius 1 is 1.73 bits per heavy atom. The van der Waals surface area contributed by atoms with Crippen molar-refractivity contribution in [2.75, 3.05) is 0 Å². The second-order valence-electron chi connectivity index (χ2n) is 3.46. The highest BCUT2D eigenvalue weighted by atomic mass is 16.5. The highest BCUT2D eigenvalue weighted by Gasteiger charge is 2.51. The molecular formula is C10H11NO4. The number of nitrogens with zero attached hydrogens (tertiary/aromatic N) is 1. The first-order chi connectivity index (χ1) is 7.09. The molecule has 0 saturated carbocycles. The van der Waals surface area contributed by atoms with Gasteiger partial charge in [-0.25, -0.2) is 4.79 Å². The smallest absolute Gasteiger partial charge is 0.348 e. The van der Waals surface area contributed by atoms with E-state index >= 15 is 0 Å². The maximum atomic E-state index is 10.9. The average molecular weight is 209 g/mol. The molecule has 2 rings (SSSR count). The van der Waals surface area contributed by atoms with Crippen molar-refractivity contribution in [3.05, 3.63) is 24.0 Å². The summed E-state index contributed by atoms with van der Waals surface area (Å²) in [4.78, 5) is 14.9. The molecule has 80 valence electrons. The standard InChI is InChI=1S/C10H11NO4/c1-2-10(14)7-6(4-3-5-11-7)15-8(10)9(12)13/h3-5,8,14H,2H2,1H3,(H,12,13). The summed E-state index contributed by atoms with van der Waals surface area (Å²) in [5, 5.41) is 19.2. The maximum Gasteiger partial charge on any atom is 0.348 e. The van der Waals surface area contributed by atoms with Crippen molar-refractivity contribution in [2.45, 2.75) is 25.0 Å². The van der Waals surface area contributed by atoms with E-state index < -0.39 is 17.7 Å². The highest BCUT2D eigenvalue weighted by molar-refractivity contribution is 5.76. The third kappa shape index (κ3) is 1.27. The van der Waals surface area contributed by atoms with Crippen molar-refractivity contribution in [3.8, 4) is 5.75 Å². The van der Waals surface area contributed by atoms with Crippen LogP contribution < -0.4 is 4.74 Å². The van der Waals surface area contributed by atoms with E-state index in [2.05, 4.69) is 4.98 Å². The molecule has 0 saturated heterocycles. The number of carboxylic acids is 1. The van der Waals surface area contributed by atoms with E-state index in [1.165, 1.54) is 6.20 Å². The number of rotatable bonds is 2. The molecule has 0 spiro atoms. The molecule has 0 aromatic carbocycles. The predicted molar refractivity (Wildman–Crippen MR) is 50.5 cm³/mol. The van der Waals surface area contributed by atoms with Crippen LogP contribution in [0.1, 0.15) is 19.0 Å². The zero-order valence-electron chi connectivity index (χ0n) is 8.17. The fourth-order valence-electron chi connectivity index (χ4n) is 1.77. The van der Waals surface area contributed by atoms with Gasteiger partial charge in [0.2, 0.25) is 6.10 Å². The Kier molecular flexibility index (Phi) is 2.12. The molecule has 0 fully saturated rings. The number of pyridine rings is 1. The fourth-order valence-corrected chi connectivity index (χ4v) is 1.77. The van der Waals surface area contributed by atoms with Gasteiger partial charge in [-0.2, -0.15) is 0 Å². The van der Waals surface area contributed by atoms with Crippen LogP contribution in [0, 0.1) is 0 Å². The molecule has 5 heteroatoms. The molecule has 0 amide bonds. The summed E-state index contributed by atoms with van der Waals surface area (Å²) in [6.45, 7) is 1.70. The van der Waals surface area contributed by atoms with Crippen molar-refractivity contribution in [1.29, 1.82) is 0 Å². The summed E-state index contributed by atoms with van der Waals surface area (Å²) in [6.07, 6.45) is 0.480. The first kappa shape index (κ1) is 9.92. The van der Waals surface area contributed by atoms with Gasteiger partial charge in [0.25, 0.3) is 0 Å². The van der Waals surface area contributed by atoms with Gasteiger partial charge in [0, 0.05) is 6.20 Å². The molecule has 1 aromatic heterocycles. The number of fused-ring (bicyclic) bond motifs is 1. The van der Waals surface area contributed by atoms with Gasteiger partial charge >= 0.3 is 5.97 Å². The van der Waals surface area contributed by atoms with Crippen molar-refractivity contribution >= 4 is 5.97 Å². The second-order valence-corrected chi connectivity index (χ2v) is 3.46. The van der Waals surface area contributed by atoms with E-state index in [1.807, 2.05) is 0 Å². The van der Waals surface area contributed by atoms with Gasteiger partial charge in [-0.15, -0.1) is 0 Å². The normalized spacial score (nSPS) is 28.3. The van der Waals surface area contributed by atoms with E-state index in [4.69, 9.17) is 9.84 Å². The summed E-state index contributed by atoms with van der Waals surface area (Å²) >= 11 is 0. The lowest BCUT2D eigenvalue weighted by Crippen LogP contribution is -2.43. The van der Waals surface area contributed by atoms with E-state index in [0.717, 1.165) is 0 Å². The summed E-state index contributed by atoms with van der Waals surface area (Å²) in [5.74, 6) is -0.841. The molecule has 0 radical (unpaired) electrons. The van der Waals surface area contributed by atoms with Crippen LogP contribution in [-0.4, -0.2) is 27.3 Å². The van der Waals surface area contributed by atoms with Crippen molar-refractivity contribution < 1.29 is 19.7 Å². The number of carboxylic acid groups (broad SMARTS) is 1. The first-order valence-electron chi connectivity index (χ1n) is 4.67. The Hall–Kier alpha value is -1.62. The molecule has 2 atom stereocenters. The Morgan fingerprint density at radius 2 is 2.47 bits per heavy atom. The summed E-state index contributed by atoms with van der Waals surface area (Å²) < 4.78 is 5.16. The molecule has 5 nitrogen and oxygen atoms in total. The lowest BCUT2D eigenvalue weighted by atomic mass is 9.91. The molecule has 0 aliphatic carbocycles. The highest BCUT2D eigenvalue weighted by Crippen LogP contribution is 2.41. The molecule has 2 unspecified atom stereocenters. The third-order valence-corrected chi connectivity index (χ3v) is 2.62. The fraction of sp³-hybridized carbons (Fsp3) is 0.400. The number of hydrogen-bond donors (Lipinski definition) is 2. The monoisotopic (exact) mass is 209 g/mol. The van der Waals surface area contributed by atoms with Crippen molar-refractivity contribution in [3.63, 3.8) is 0 Å². The lowest BCUT2D eigenvalue weighted by molar-refractivity contribution is -0.157. The molecule has 1 aromatic rings. The predicted octanol–water partition coefficient (Wildman–Crippen LogP) is 0.525. The van der Waals surface area contributed by atoms with Crippen LogP contribution in [0.15, 0.2) is 18.3 Å². The number of hydrogen-bond acceptors (Lipinski definition) is 4. The van der Waals surface area contributed by atoms with Crippen LogP contribution >= 0.6 is 0 Å². The second kappa shape index (κ2) is 3.20. The topological polar surface area (TPSA) is 79.7 Å². The minimum absolute atomic E-state index is 0.244. The van der Waals surface area contributed by atoms with Crippen LogP contribution in [-0.2, 0) is 10.4 Å². The van der Waals surface area contributed by atoms with Gasteiger partial charge in [-0.3, -0.25) is 4.98 Å². The van der Waals surface area contributed by atoms with Gasteiger partial charge in [0.05, 0.1) is 0 Å². The minimum Gasteiger partial charge on any atom is -0.478 e. The maximum absolute atomic E-state index is 10.9. The van der Waals surface area contributed by atoms with Crippen LogP contribution in [0.5, 0.6) is 5.75 Å². The summed E-state index contributed by atoms with van der Waals surface area (Å²) in [7, 11) is 0. The van der Waals surface area contributed by atoms with Crippen molar-refractivity contribution in [1.82, 2.24) is 4.98 Å². The zero-order valence-corrected chi connectivity index (χ0v) is 8.17. The molecule has 1 aliphatic rings. The third-order valence-electron chi connectivity index (χ3n) is 2.62. The van der Waals surface area contributed by atoms with Gasteiger partial charge in [0.15, 0.2) is 5.60 Å². The SMILES string of the molecule is CCC1(O)c2ncccc2OC1C(=O)O. The van der Waals surface area contributed by atoms with Crippen LogP contribution in [0.2, 0.25) is 0 Å². The molecule has 2 heterocycles. The Labute approximate surface area is 86.3 Å². The van der Waals surface area contributed by atoms with Gasteiger partial charge < -0.3 is 14.9 Å². The number of aliphatic carboxylic acids is 1. The Morgan fingerprint density at radius 3 is 3.07 bits per heavy atom. The van der Waals surface area contributed by atoms with Crippen molar-refractivity contribution in [2.24, 2.45) is 0 Å². The number of aliphatic hydroxyl groups is 1. The molecule has 2 N–H and O–H groups in total. The van der Waals surface area contributed by atoms with Gasteiger partial charge in [-0.1, -0.05) is 6.92 Å². The van der Waals surface area contributed by atoms with E-state index in [9.17, 15) is 9.90 Å². The summed E-state index contributed by atoms with van der Waals surface area (Å²) in [6, 6.07) is 3.24. The van der Waals surface area contributed by atoms with Crippen LogP contribution in [0.3, 0.4) is 0 Å². The Bertz CT molecular complexity index is 406. The average Bonchev–Trinajstić information content (AvgIpc) is 2.54. The minimum atomic E-state index is -1.53. The van der Waals surface area contributed by atoms with Gasteiger partial charge in [-0.05, 0) is 18.6 Å². The molecular weight excluding hydrogens is 198 g/mol. The largest absolute Gasteiger partial charge is 0.478 e. The molecule has 1 aliphatic heterocycles. The van der Waals surface area contributed by atoms with E-state index in [-0.39, 0.29) is 6.42 Å².